The smallest absolute Gasteiger partial charge is 0.321 e. The molecular formula is C23H24ClN7O2. The third-order valence-electron chi connectivity index (χ3n) is 5.07. The molecule has 2 heterocycles. The molecule has 0 bridgehead atoms. The largest absolute Gasteiger partial charge is 0.464 e. The Hall–Kier alpha value is -3.85. The fraction of sp³-hybridized carbons (Fsp3) is 0.217. The first-order chi connectivity index (χ1) is 15.8. The molecule has 0 unspecified atom stereocenters. The topological polar surface area (TPSA) is 124 Å². The fourth-order valence-electron chi connectivity index (χ4n) is 3.22. The van der Waals surface area contributed by atoms with Crippen molar-refractivity contribution in [1.82, 2.24) is 25.1 Å². The van der Waals surface area contributed by atoms with Crippen LogP contribution in [0.15, 0.2) is 36.4 Å². The molecule has 0 saturated heterocycles. The van der Waals surface area contributed by atoms with Crippen LogP contribution in [0.4, 0.5) is 17.5 Å². The van der Waals surface area contributed by atoms with Crippen molar-refractivity contribution in [3.63, 3.8) is 0 Å². The summed E-state index contributed by atoms with van der Waals surface area (Å²) >= 11 is 6.34. The van der Waals surface area contributed by atoms with Gasteiger partial charge in [0.05, 0.1) is 6.61 Å². The van der Waals surface area contributed by atoms with Gasteiger partial charge in [-0.05, 0) is 74.7 Å². The van der Waals surface area contributed by atoms with Crippen molar-refractivity contribution in [3.8, 4) is 29.0 Å². The van der Waals surface area contributed by atoms with E-state index in [1.165, 1.54) is 6.07 Å². The number of benzene rings is 2. The summed E-state index contributed by atoms with van der Waals surface area (Å²) in [5.41, 5.74) is 10.7. The summed E-state index contributed by atoms with van der Waals surface area (Å²) in [6, 6.07) is 11.1. The Bertz CT molecular complexity index is 1290. The van der Waals surface area contributed by atoms with E-state index >= 15 is 0 Å². The van der Waals surface area contributed by atoms with E-state index < -0.39 is 0 Å². The van der Waals surface area contributed by atoms with Gasteiger partial charge in [-0.15, -0.1) is 10.2 Å². The van der Waals surface area contributed by atoms with E-state index in [9.17, 15) is 0 Å². The van der Waals surface area contributed by atoms with E-state index in [4.69, 9.17) is 26.8 Å². The summed E-state index contributed by atoms with van der Waals surface area (Å²) < 4.78 is 11.1. The van der Waals surface area contributed by atoms with Crippen LogP contribution >= 0.6 is 11.6 Å². The average molecular weight is 466 g/mol. The molecule has 10 heteroatoms. The number of hydrogen-bond acceptors (Lipinski definition) is 8. The zero-order valence-corrected chi connectivity index (χ0v) is 19.5. The van der Waals surface area contributed by atoms with Crippen LogP contribution in [0.2, 0.25) is 5.02 Å². The van der Waals surface area contributed by atoms with Gasteiger partial charge in [-0.2, -0.15) is 9.97 Å². The number of nitrogen functional groups attached to an aromatic ring is 1. The molecule has 0 fully saturated rings. The highest BCUT2D eigenvalue weighted by molar-refractivity contribution is 6.32. The Morgan fingerprint density at radius 1 is 1.03 bits per heavy atom. The molecule has 170 valence electrons. The van der Waals surface area contributed by atoms with Crippen LogP contribution in [0.3, 0.4) is 0 Å². The zero-order valence-electron chi connectivity index (χ0n) is 18.7. The Kier molecular flexibility index (Phi) is 6.32. The van der Waals surface area contributed by atoms with E-state index in [0.717, 1.165) is 33.0 Å². The first-order valence-electron chi connectivity index (χ1n) is 10.4. The fourth-order valence-corrected chi connectivity index (χ4v) is 3.42. The van der Waals surface area contributed by atoms with Crippen molar-refractivity contribution in [1.29, 1.82) is 0 Å². The van der Waals surface area contributed by atoms with Crippen molar-refractivity contribution in [2.75, 3.05) is 17.7 Å². The number of halogens is 1. The second kappa shape index (κ2) is 9.33. The first-order valence-corrected chi connectivity index (χ1v) is 10.7. The summed E-state index contributed by atoms with van der Waals surface area (Å²) in [6.45, 7) is 8.26. The molecule has 2 aromatic carbocycles. The number of rotatable bonds is 7. The summed E-state index contributed by atoms with van der Waals surface area (Å²) in [4.78, 5) is 11.4. The van der Waals surface area contributed by atoms with Crippen LogP contribution in [-0.4, -0.2) is 31.8 Å². The van der Waals surface area contributed by atoms with Crippen molar-refractivity contribution >= 4 is 29.1 Å². The molecular weight excluding hydrogens is 442 g/mol. The van der Waals surface area contributed by atoms with Gasteiger partial charge < -0.3 is 25.5 Å². The van der Waals surface area contributed by atoms with E-state index in [1.807, 2.05) is 45.9 Å². The van der Waals surface area contributed by atoms with Crippen LogP contribution < -0.4 is 20.5 Å². The van der Waals surface area contributed by atoms with E-state index in [-0.39, 0.29) is 11.8 Å². The third-order valence-corrected chi connectivity index (χ3v) is 5.65. The molecule has 0 amide bonds. The Labute approximate surface area is 196 Å². The third kappa shape index (κ3) is 4.98. The lowest BCUT2D eigenvalue weighted by molar-refractivity contribution is 0.307. The molecule has 33 heavy (non-hydrogen) atoms. The number of nitrogens with zero attached hydrogens (tertiary/aromatic N) is 4. The quantitative estimate of drug-likeness (QED) is 0.333. The molecule has 0 atom stereocenters. The highest BCUT2D eigenvalue weighted by atomic mass is 35.5. The minimum absolute atomic E-state index is 0.173. The Morgan fingerprint density at radius 2 is 1.79 bits per heavy atom. The van der Waals surface area contributed by atoms with Gasteiger partial charge in [0.15, 0.2) is 5.82 Å². The second-order valence-electron chi connectivity index (χ2n) is 7.43. The van der Waals surface area contributed by atoms with Crippen molar-refractivity contribution in [2.45, 2.75) is 27.7 Å². The number of H-pyrrole nitrogens is 1. The maximum Gasteiger partial charge on any atom is 0.321 e. The van der Waals surface area contributed by atoms with Crippen LogP contribution in [0.25, 0.3) is 11.4 Å². The molecule has 4 N–H and O–H groups in total. The molecule has 4 aromatic rings. The summed E-state index contributed by atoms with van der Waals surface area (Å²) in [7, 11) is 0. The normalized spacial score (nSPS) is 10.8. The molecule has 9 nitrogen and oxygen atoms in total. The number of aryl methyl sites for hydroxylation is 1. The molecule has 2 aromatic heterocycles. The predicted octanol–water partition coefficient (Wildman–Crippen LogP) is 5.36. The number of aromatic nitrogens is 5. The Morgan fingerprint density at radius 3 is 2.52 bits per heavy atom. The van der Waals surface area contributed by atoms with Crippen molar-refractivity contribution in [2.24, 2.45) is 0 Å². The average Bonchev–Trinajstić information content (AvgIpc) is 3.25. The van der Waals surface area contributed by atoms with Gasteiger partial charge in [0, 0.05) is 22.3 Å². The molecule has 0 aliphatic rings. The van der Waals surface area contributed by atoms with Gasteiger partial charge in [0.1, 0.15) is 11.6 Å². The maximum absolute atomic E-state index is 6.34. The van der Waals surface area contributed by atoms with Crippen LogP contribution in [-0.2, 0) is 0 Å². The number of ether oxygens (including phenoxy) is 2. The van der Waals surface area contributed by atoms with Crippen LogP contribution in [0.5, 0.6) is 17.6 Å². The number of hydrogen-bond donors (Lipinski definition) is 3. The van der Waals surface area contributed by atoms with Crippen molar-refractivity contribution < 1.29 is 9.47 Å². The summed E-state index contributed by atoms with van der Waals surface area (Å²) in [6.07, 6.45) is 0. The van der Waals surface area contributed by atoms with Crippen LogP contribution in [0.1, 0.15) is 23.6 Å². The molecule has 0 aliphatic carbocycles. The summed E-state index contributed by atoms with van der Waals surface area (Å²) in [5, 5.41) is 12.5. The van der Waals surface area contributed by atoms with E-state index in [2.05, 4.69) is 30.5 Å². The zero-order chi connectivity index (χ0) is 23.5. The number of nitrogens with two attached hydrogens (primary N) is 1. The van der Waals surface area contributed by atoms with Gasteiger partial charge in [-0.25, -0.2) is 0 Å². The molecule has 0 radical (unpaired) electrons. The van der Waals surface area contributed by atoms with Gasteiger partial charge in [0.2, 0.25) is 11.8 Å². The van der Waals surface area contributed by atoms with E-state index in [0.29, 0.717) is 30.0 Å². The predicted molar refractivity (Wildman–Crippen MR) is 128 cm³/mol. The maximum atomic E-state index is 6.34. The van der Waals surface area contributed by atoms with Gasteiger partial charge >= 0.3 is 6.01 Å². The standard InChI is InChI=1S/C23H24ClN7O2/c1-5-32-23-27-18(25)11-19(28-23)33-16-8-6-15(7-9-16)21-29-22(31-30-21)26-17-10-12(2)20(24)14(4)13(17)3/h6-11H,5H2,1-4H3,(H2,25,27,28)(H2,26,29,30,31). The highest BCUT2D eigenvalue weighted by Gasteiger charge is 2.12. The van der Waals surface area contributed by atoms with Gasteiger partial charge in [-0.3, -0.25) is 0 Å². The lowest BCUT2D eigenvalue weighted by Gasteiger charge is -2.13. The van der Waals surface area contributed by atoms with Crippen LogP contribution in [0, 0.1) is 20.8 Å². The molecule has 0 spiro atoms. The second-order valence-corrected chi connectivity index (χ2v) is 7.80. The lowest BCUT2D eigenvalue weighted by atomic mass is 10.0. The number of aromatic amines is 1. The van der Waals surface area contributed by atoms with E-state index in [1.54, 1.807) is 12.1 Å². The molecule has 0 saturated carbocycles. The monoisotopic (exact) mass is 465 g/mol. The SMILES string of the molecule is CCOc1nc(N)cc(Oc2ccc(-c3nnc(Nc4cc(C)c(Cl)c(C)c4C)[nH]3)cc2)n1. The lowest BCUT2D eigenvalue weighted by Crippen LogP contribution is -2.01. The van der Waals surface area contributed by atoms with Gasteiger partial charge in [-0.1, -0.05) is 11.6 Å². The van der Waals surface area contributed by atoms with Crippen molar-refractivity contribution in [3.05, 3.63) is 58.1 Å². The van der Waals surface area contributed by atoms with Gasteiger partial charge in [0.25, 0.3) is 0 Å². The molecule has 4 rings (SSSR count). The minimum atomic E-state index is 0.173. The summed E-state index contributed by atoms with van der Waals surface area (Å²) in [5.74, 6) is 2.31. The number of anilines is 3. The molecule has 0 aliphatic heterocycles. The number of nitrogens with one attached hydrogen (secondary N) is 2. The minimum Gasteiger partial charge on any atom is -0.464 e. The highest BCUT2D eigenvalue weighted by Crippen LogP contribution is 2.31. The Balaban J connectivity index is 1.49. The first kappa shape index (κ1) is 22.3.